The highest BCUT2D eigenvalue weighted by atomic mass is 16.6. The zero-order chi connectivity index (χ0) is 15.2. The second-order valence-corrected chi connectivity index (χ2v) is 4.61. The topological polar surface area (TPSA) is 93.9 Å². The Kier molecular flexibility index (Phi) is 4.99. The molecule has 7 nitrogen and oxygen atoms in total. The lowest BCUT2D eigenvalue weighted by atomic mass is 10.1. The van der Waals surface area contributed by atoms with Gasteiger partial charge in [0.05, 0.1) is 13.7 Å². The zero-order valence-electron chi connectivity index (χ0n) is 11.9. The lowest BCUT2D eigenvalue weighted by Crippen LogP contribution is -2.46. The maximum atomic E-state index is 12.0. The second-order valence-electron chi connectivity index (χ2n) is 4.61. The lowest BCUT2D eigenvalue weighted by molar-refractivity contribution is -0.124. The van der Waals surface area contributed by atoms with Gasteiger partial charge in [0.25, 0.3) is 0 Å². The van der Waals surface area contributed by atoms with E-state index >= 15 is 0 Å². The largest absolute Gasteiger partial charge is 0.496 e. The van der Waals surface area contributed by atoms with Gasteiger partial charge in [-0.2, -0.15) is 0 Å². The highest BCUT2D eigenvalue weighted by Gasteiger charge is 2.38. The van der Waals surface area contributed by atoms with Crippen molar-refractivity contribution in [3.63, 3.8) is 0 Å². The predicted molar refractivity (Wildman–Crippen MR) is 75.7 cm³/mol. The molecule has 2 rings (SSSR count). The standard InChI is InChI=1S/C14H19N3O4/c1-20-12-5-3-2-4-10(12)8-17-11(9-21-14(17)19)13(18)16-7-6-15/h2-5,11H,6-9,15H2,1H3,(H,16,18)/t11-/m0/s1. The summed E-state index contributed by atoms with van der Waals surface area (Å²) in [5.41, 5.74) is 6.17. The van der Waals surface area contributed by atoms with E-state index in [2.05, 4.69) is 5.32 Å². The van der Waals surface area contributed by atoms with Crippen molar-refractivity contribution < 1.29 is 19.1 Å². The van der Waals surface area contributed by atoms with E-state index in [0.717, 1.165) is 5.56 Å². The molecular formula is C14H19N3O4. The minimum Gasteiger partial charge on any atom is -0.496 e. The highest BCUT2D eigenvalue weighted by molar-refractivity contribution is 5.87. The van der Waals surface area contributed by atoms with Gasteiger partial charge in [0.1, 0.15) is 18.4 Å². The summed E-state index contributed by atoms with van der Waals surface area (Å²) in [6.07, 6.45) is -0.506. The number of hydrogen-bond acceptors (Lipinski definition) is 5. The van der Waals surface area contributed by atoms with Crippen LogP contribution in [0.5, 0.6) is 5.75 Å². The smallest absolute Gasteiger partial charge is 0.410 e. The number of carbonyl (C=O) groups is 2. The molecule has 1 aliphatic heterocycles. The van der Waals surface area contributed by atoms with Gasteiger partial charge in [-0.1, -0.05) is 18.2 Å². The van der Waals surface area contributed by atoms with Crippen LogP contribution >= 0.6 is 0 Å². The van der Waals surface area contributed by atoms with Gasteiger partial charge in [-0.3, -0.25) is 9.69 Å². The van der Waals surface area contributed by atoms with Gasteiger partial charge in [0, 0.05) is 18.7 Å². The van der Waals surface area contributed by atoms with Crippen LogP contribution in [0.1, 0.15) is 5.56 Å². The summed E-state index contributed by atoms with van der Waals surface area (Å²) in [5.74, 6) is 0.402. The molecule has 1 saturated heterocycles. The van der Waals surface area contributed by atoms with Crippen LogP contribution in [0.25, 0.3) is 0 Å². The summed E-state index contributed by atoms with van der Waals surface area (Å²) in [6.45, 7) is 1.01. The number of carbonyl (C=O) groups excluding carboxylic acids is 2. The number of para-hydroxylation sites is 1. The zero-order valence-corrected chi connectivity index (χ0v) is 11.9. The first-order chi connectivity index (χ1) is 10.2. The van der Waals surface area contributed by atoms with Gasteiger partial charge in [0.2, 0.25) is 5.91 Å². The summed E-state index contributed by atoms with van der Waals surface area (Å²) in [6, 6.07) is 6.70. The van der Waals surface area contributed by atoms with Gasteiger partial charge in [-0.05, 0) is 6.07 Å². The summed E-state index contributed by atoms with van der Waals surface area (Å²) >= 11 is 0. The van der Waals surface area contributed by atoms with Crippen molar-refractivity contribution in [2.75, 3.05) is 26.8 Å². The van der Waals surface area contributed by atoms with E-state index in [1.54, 1.807) is 13.2 Å². The molecule has 1 aromatic rings. The number of amides is 2. The Morgan fingerprint density at radius 2 is 2.29 bits per heavy atom. The quantitative estimate of drug-likeness (QED) is 0.775. The summed E-state index contributed by atoms with van der Waals surface area (Å²) in [5, 5.41) is 2.67. The van der Waals surface area contributed by atoms with E-state index in [0.29, 0.717) is 18.8 Å². The number of benzene rings is 1. The first-order valence-corrected chi connectivity index (χ1v) is 6.70. The molecule has 2 amide bonds. The maximum Gasteiger partial charge on any atom is 0.410 e. The van der Waals surface area contributed by atoms with E-state index < -0.39 is 12.1 Å². The number of nitrogens with zero attached hydrogens (tertiary/aromatic N) is 1. The third-order valence-corrected chi connectivity index (χ3v) is 3.25. The molecule has 0 bridgehead atoms. The summed E-state index contributed by atoms with van der Waals surface area (Å²) in [7, 11) is 1.56. The number of nitrogens with two attached hydrogens (primary N) is 1. The minimum absolute atomic E-state index is 0.0460. The van der Waals surface area contributed by atoms with Gasteiger partial charge < -0.3 is 20.5 Å². The summed E-state index contributed by atoms with van der Waals surface area (Å²) < 4.78 is 10.2. The lowest BCUT2D eigenvalue weighted by Gasteiger charge is -2.21. The first kappa shape index (κ1) is 15.1. The van der Waals surface area contributed by atoms with Crippen molar-refractivity contribution in [3.8, 4) is 5.75 Å². The maximum absolute atomic E-state index is 12.0. The molecule has 0 spiro atoms. The molecule has 1 fully saturated rings. The average Bonchev–Trinajstić information content (AvgIpc) is 2.86. The van der Waals surface area contributed by atoms with Crippen LogP contribution in [0, 0.1) is 0 Å². The summed E-state index contributed by atoms with van der Waals surface area (Å²) in [4.78, 5) is 25.3. The molecule has 0 aromatic heterocycles. The number of nitrogens with one attached hydrogen (secondary N) is 1. The Bertz CT molecular complexity index is 521. The number of cyclic esters (lactones) is 1. The number of ether oxygens (including phenoxy) is 2. The molecule has 1 aromatic carbocycles. The first-order valence-electron chi connectivity index (χ1n) is 6.70. The van der Waals surface area contributed by atoms with E-state index in [1.807, 2.05) is 18.2 Å². The van der Waals surface area contributed by atoms with Gasteiger partial charge in [0.15, 0.2) is 0 Å². The Morgan fingerprint density at radius 1 is 1.52 bits per heavy atom. The fourth-order valence-corrected chi connectivity index (χ4v) is 2.17. The SMILES string of the molecule is COc1ccccc1CN1C(=O)OC[C@H]1C(=O)NCCN. The molecule has 3 N–H and O–H groups in total. The van der Waals surface area contributed by atoms with E-state index in [1.165, 1.54) is 4.90 Å². The van der Waals surface area contributed by atoms with Crippen molar-refractivity contribution in [3.05, 3.63) is 29.8 Å². The average molecular weight is 293 g/mol. The molecule has 0 radical (unpaired) electrons. The fourth-order valence-electron chi connectivity index (χ4n) is 2.17. The third kappa shape index (κ3) is 3.43. The predicted octanol–water partition coefficient (Wildman–Crippen LogP) is 0.0909. The Labute approximate surface area is 123 Å². The second kappa shape index (κ2) is 6.94. The number of methoxy groups -OCH3 is 1. The van der Waals surface area contributed by atoms with E-state index in [4.69, 9.17) is 15.2 Å². The van der Waals surface area contributed by atoms with Crippen molar-refractivity contribution in [1.82, 2.24) is 10.2 Å². The van der Waals surface area contributed by atoms with Gasteiger partial charge in [-0.15, -0.1) is 0 Å². The van der Waals surface area contributed by atoms with Crippen molar-refractivity contribution in [2.45, 2.75) is 12.6 Å². The molecule has 21 heavy (non-hydrogen) atoms. The Balaban J connectivity index is 2.12. The molecule has 0 aliphatic carbocycles. The molecular weight excluding hydrogens is 274 g/mol. The molecule has 0 unspecified atom stereocenters. The Morgan fingerprint density at radius 3 is 3.00 bits per heavy atom. The van der Waals surface area contributed by atoms with Crippen LogP contribution in [0.2, 0.25) is 0 Å². The number of hydrogen-bond donors (Lipinski definition) is 2. The minimum atomic E-state index is -0.644. The van der Waals surface area contributed by atoms with Crippen LogP contribution in [0.15, 0.2) is 24.3 Å². The molecule has 114 valence electrons. The monoisotopic (exact) mass is 293 g/mol. The van der Waals surface area contributed by atoms with Crippen LogP contribution in [-0.2, 0) is 16.1 Å². The normalized spacial score (nSPS) is 17.5. The molecule has 0 saturated carbocycles. The van der Waals surface area contributed by atoms with Crippen LogP contribution in [-0.4, -0.2) is 49.7 Å². The van der Waals surface area contributed by atoms with Crippen LogP contribution in [0.4, 0.5) is 4.79 Å². The Hall–Kier alpha value is -2.28. The van der Waals surface area contributed by atoms with Crippen molar-refractivity contribution in [1.29, 1.82) is 0 Å². The highest BCUT2D eigenvalue weighted by Crippen LogP contribution is 2.23. The molecule has 1 aliphatic rings. The molecule has 1 heterocycles. The van der Waals surface area contributed by atoms with Crippen molar-refractivity contribution >= 4 is 12.0 Å². The number of rotatable bonds is 6. The van der Waals surface area contributed by atoms with Gasteiger partial charge in [-0.25, -0.2) is 4.79 Å². The van der Waals surface area contributed by atoms with Crippen molar-refractivity contribution in [2.24, 2.45) is 5.73 Å². The molecule has 7 heteroatoms. The molecule has 1 atom stereocenters. The third-order valence-electron chi connectivity index (χ3n) is 3.25. The fraction of sp³-hybridized carbons (Fsp3) is 0.429. The van der Waals surface area contributed by atoms with E-state index in [9.17, 15) is 9.59 Å². The van der Waals surface area contributed by atoms with Crippen LogP contribution < -0.4 is 15.8 Å². The van der Waals surface area contributed by atoms with Gasteiger partial charge >= 0.3 is 6.09 Å². The van der Waals surface area contributed by atoms with E-state index in [-0.39, 0.29) is 19.1 Å². The van der Waals surface area contributed by atoms with Crippen LogP contribution in [0.3, 0.4) is 0 Å².